The van der Waals surface area contributed by atoms with Crippen molar-refractivity contribution in [2.45, 2.75) is 13.0 Å². The van der Waals surface area contributed by atoms with E-state index in [0.29, 0.717) is 34.1 Å². The third-order valence-corrected chi connectivity index (χ3v) is 4.69. The molecule has 0 radical (unpaired) electrons. The average Bonchev–Trinajstić information content (AvgIpc) is 3.30. The quantitative estimate of drug-likeness (QED) is 0.443. The van der Waals surface area contributed by atoms with E-state index in [1.807, 2.05) is 6.07 Å². The van der Waals surface area contributed by atoms with E-state index < -0.39 is 6.10 Å². The maximum absolute atomic E-state index is 13.2. The number of halogens is 1. The zero-order chi connectivity index (χ0) is 22.5. The number of anilines is 1. The van der Waals surface area contributed by atoms with Crippen molar-refractivity contribution >= 4 is 11.6 Å². The van der Waals surface area contributed by atoms with Crippen LogP contribution < -0.4 is 14.8 Å². The molecule has 32 heavy (non-hydrogen) atoms. The molecule has 4 aromatic rings. The van der Waals surface area contributed by atoms with Gasteiger partial charge in [0.15, 0.2) is 17.6 Å². The maximum Gasteiger partial charge on any atom is 0.265 e. The molecule has 0 unspecified atom stereocenters. The second-order valence-corrected chi connectivity index (χ2v) is 6.88. The Kier molecular flexibility index (Phi) is 6.12. The smallest absolute Gasteiger partial charge is 0.265 e. The molecule has 0 saturated carbocycles. The lowest BCUT2D eigenvalue weighted by atomic mass is 10.1. The molecule has 0 aliphatic heterocycles. The highest BCUT2D eigenvalue weighted by atomic mass is 19.1. The van der Waals surface area contributed by atoms with Crippen LogP contribution in [-0.4, -0.2) is 29.3 Å². The highest BCUT2D eigenvalue weighted by Crippen LogP contribution is 2.30. The SMILES string of the molecule is COc1ccccc1O[C@@H](C)C(=O)Nc1ccccc1-c1nc(-c2ccc(F)cc2)no1. The zero-order valence-corrected chi connectivity index (χ0v) is 17.4. The normalized spacial score (nSPS) is 11.6. The van der Waals surface area contributed by atoms with Crippen molar-refractivity contribution in [3.8, 4) is 34.3 Å². The minimum Gasteiger partial charge on any atom is -0.493 e. The van der Waals surface area contributed by atoms with Crippen molar-refractivity contribution in [3.63, 3.8) is 0 Å². The van der Waals surface area contributed by atoms with Crippen LogP contribution in [0.15, 0.2) is 77.3 Å². The lowest BCUT2D eigenvalue weighted by molar-refractivity contribution is -0.122. The summed E-state index contributed by atoms with van der Waals surface area (Å²) in [5.74, 6) is 0.822. The monoisotopic (exact) mass is 433 g/mol. The van der Waals surface area contributed by atoms with Gasteiger partial charge in [-0.3, -0.25) is 4.79 Å². The van der Waals surface area contributed by atoms with E-state index in [4.69, 9.17) is 14.0 Å². The third kappa shape index (κ3) is 4.59. The standard InChI is InChI=1S/C24H20FN3O4/c1-15(31-21-10-6-5-9-20(21)30-2)23(29)26-19-8-4-3-7-18(19)24-27-22(28-32-24)16-11-13-17(25)14-12-16/h3-15H,1-2H3,(H,26,29)/t15-/m0/s1. The zero-order valence-electron chi connectivity index (χ0n) is 17.4. The summed E-state index contributed by atoms with van der Waals surface area (Å²) in [6, 6.07) is 19.9. The predicted molar refractivity (Wildman–Crippen MR) is 117 cm³/mol. The summed E-state index contributed by atoms with van der Waals surface area (Å²) in [5, 5.41) is 6.80. The summed E-state index contributed by atoms with van der Waals surface area (Å²) in [7, 11) is 1.54. The Morgan fingerprint density at radius 1 is 1.00 bits per heavy atom. The molecule has 0 aliphatic carbocycles. The Labute approximate surface area is 183 Å². The van der Waals surface area contributed by atoms with Gasteiger partial charge < -0.3 is 19.3 Å². The third-order valence-electron chi connectivity index (χ3n) is 4.69. The van der Waals surface area contributed by atoms with Crippen LogP contribution in [0.3, 0.4) is 0 Å². The highest BCUT2D eigenvalue weighted by Gasteiger charge is 2.20. The minimum atomic E-state index is -0.795. The molecule has 1 amide bonds. The number of carbonyl (C=O) groups excluding carboxylic acids is 1. The molecule has 0 aliphatic rings. The van der Waals surface area contributed by atoms with E-state index in [-0.39, 0.29) is 17.6 Å². The predicted octanol–water partition coefficient (Wildman–Crippen LogP) is 4.96. The number of hydrogen-bond acceptors (Lipinski definition) is 6. The number of para-hydroxylation sites is 3. The number of nitrogens with zero attached hydrogens (tertiary/aromatic N) is 2. The fourth-order valence-corrected chi connectivity index (χ4v) is 3.02. The van der Waals surface area contributed by atoms with Crippen molar-refractivity contribution in [1.29, 1.82) is 0 Å². The lowest BCUT2D eigenvalue weighted by Crippen LogP contribution is -2.30. The first kappa shape index (κ1) is 21.0. The summed E-state index contributed by atoms with van der Waals surface area (Å²) in [4.78, 5) is 17.2. The minimum absolute atomic E-state index is 0.221. The molecule has 162 valence electrons. The second kappa shape index (κ2) is 9.30. The molecule has 1 heterocycles. The number of amides is 1. The molecule has 1 atom stereocenters. The Balaban J connectivity index is 1.52. The molecule has 1 aromatic heterocycles. The first-order valence-electron chi connectivity index (χ1n) is 9.84. The van der Waals surface area contributed by atoms with Crippen LogP contribution in [0, 0.1) is 5.82 Å². The van der Waals surface area contributed by atoms with Crippen molar-refractivity contribution < 1.29 is 23.2 Å². The molecular weight excluding hydrogens is 413 g/mol. The average molecular weight is 433 g/mol. The van der Waals surface area contributed by atoms with E-state index >= 15 is 0 Å². The Hall–Kier alpha value is -4.20. The first-order chi connectivity index (χ1) is 15.5. The molecule has 0 spiro atoms. The number of methoxy groups -OCH3 is 1. The molecule has 0 fully saturated rings. The Morgan fingerprint density at radius 3 is 2.44 bits per heavy atom. The number of rotatable bonds is 7. The molecule has 1 N–H and O–H groups in total. The van der Waals surface area contributed by atoms with Gasteiger partial charge in [0.05, 0.1) is 18.4 Å². The highest BCUT2D eigenvalue weighted by molar-refractivity contribution is 5.97. The molecule has 0 bridgehead atoms. The van der Waals surface area contributed by atoms with Gasteiger partial charge in [0.1, 0.15) is 5.82 Å². The summed E-state index contributed by atoms with van der Waals surface area (Å²) < 4.78 is 29.6. The fraction of sp³-hybridized carbons (Fsp3) is 0.125. The number of hydrogen-bond donors (Lipinski definition) is 1. The molecule has 7 nitrogen and oxygen atoms in total. The van der Waals surface area contributed by atoms with E-state index in [0.717, 1.165) is 0 Å². The van der Waals surface area contributed by atoms with E-state index in [1.54, 1.807) is 61.5 Å². The Bertz CT molecular complexity index is 1220. The van der Waals surface area contributed by atoms with Gasteiger partial charge in [0.2, 0.25) is 5.82 Å². The second-order valence-electron chi connectivity index (χ2n) is 6.88. The molecular formula is C24H20FN3O4. The van der Waals surface area contributed by atoms with Gasteiger partial charge in [-0.15, -0.1) is 0 Å². The maximum atomic E-state index is 13.2. The van der Waals surface area contributed by atoms with Crippen LogP contribution in [0.2, 0.25) is 0 Å². The van der Waals surface area contributed by atoms with Gasteiger partial charge in [-0.25, -0.2) is 4.39 Å². The molecule has 4 rings (SSSR count). The lowest BCUT2D eigenvalue weighted by Gasteiger charge is -2.17. The van der Waals surface area contributed by atoms with Crippen molar-refractivity contribution in [2.75, 3.05) is 12.4 Å². The van der Waals surface area contributed by atoms with Crippen molar-refractivity contribution in [3.05, 3.63) is 78.6 Å². The fourth-order valence-electron chi connectivity index (χ4n) is 3.02. The van der Waals surface area contributed by atoms with Gasteiger partial charge in [0.25, 0.3) is 11.8 Å². The van der Waals surface area contributed by atoms with Gasteiger partial charge in [0, 0.05) is 5.56 Å². The van der Waals surface area contributed by atoms with Crippen LogP contribution in [-0.2, 0) is 4.79 Å². The van der Waals surface area contributed by atoms with Gasteiger partial charge in [-0.2, -0.15) is 4.98 Å². The number of ether oxygens (including phenoxy) is 2. The van der Waals surface area contributed by atoms with E-state index in [9.17, 15) is 9.18 Å². The summed E-state index contributed by atoms with van der Waals surface area (Å²) in [5.41, 5.74) is 1.65. The first-order valence-corrected chi connectivity index (χ1v) is 9.84. The van der Waals surface area contributed by atoms with Gasteiger partial charge >= 0.3 is 0 Å². The van der Waals surface area contributed by atoms with Crippen molar-refractivity contribution in [2.24, 2.45) is 0 Å². The number of nitrogens with one attached hydrogen (secondary N) is 1. The molecule has 0 saturated heterocycles. The summed E-state index contributed by atoms with van der Waals surface area (Å²) >= 11 is 0. The molecule has 3 aromatic carbocycles. The van der Waals surface area contributed by atoms with E-state index in [2.05, 4.69) is 15.5 Å². The van der Waals surface area contributed by atoms with Crippen molar-refractivity contribution in [1.82, 2.24) is 10.1 Å². The largest absolute Gasteiger partial charge is 0.493 e. The van der Waals surface area contributed by atoms with Crippen LogP contribution in [0.1, 0.15) is 6.92 Å². The number of aromatic nitrogens is 2. The number of benzene rings is 3. The van der Waals surface area contributed by atoms with Gasteiger partial charge in [-0.1, -0.05) is 29.4 Å². The number of carbonyl (C=O) groups is 1. The summed E-state index contributed by atoms with van der Waals surface area (Å²) in [6.07, 6.45) is -0.795. The summed E-state index contributed by atoms with van der Waals surface area (Å²) in [6.45, 7) is 1.64. The molecule has 8 heteroatoms. The Morgan fingerprint density at radius 2 is 1.69 bits per heavy atom. The van der Waals surface area contributed by atoms with Crippen LogP contribution >= 0.6 is 0 Å². The van der Waals surface area contributed by atoms with Gasteiger partial charge in [-0.05, 0) is 55.5 Å². The topological polar surface area (TPSA) is 86.5 Å². The van der Waals surface area contributed by atoms with Crippen LogP contribution in [0.4, 0.5) is 10.1 Å². The van der Waals surface area contributed by atoms with Crippen LogP contribution in [0.25, 0.3) is 22.8 Å². The van der Waals surface area contributed by atoms with Crippen LogP contribution in [0.5, 0.6) is 11.5 Å². The van der Waals surface area contributed by atoms with E-state index in [1.165, 1.54) is 19.2 Å².